The molecule has 1 aliphatic carbocycles. The SMILES string of the molecule is O=C(C1=CCCC1)c1ccc2ccccc2c1. The molecule has 0 radical (unpaired) electrons. The van der Waals surface area contributed by atoms with Crippen LogP contribution in [0.25, 0.3) is 10.8 Å². The normalized spacial score (nSPS) is 14.9. The molecule has 0 spiro atoms. The van der Waals surface area contributed by atoms with E-state index in [2.05, 4.69) is 18.2 Å². The average molecular weight is 222 g/mol. The van der Waals surface area contributed by atoms with Crippen LogP contribution < -0.4 is 0 Å². The highest BCUT2D eigenvalue weighted by molar-refractivity contribution is 6.10. The molecule has 0 saturated heterocycles. The summed E-state index contributed by atoms with van der Waals surface area (Å²) in [5.74, 6) is 0.202. The lowest BCUT2D eigenvalue weighted by molar-refractivity contribution is 0.103. The van der Waals surface area contributed by atoms with Crippen molar-refractivity contribution in [2.75, 3.05) is 0 Å². The van der Waals surface area contributed by atoms with E-state index in [-0.39, 0.29) is 5.78 Å². The van der Waals surface area contributed by atoms with Crippen LogP contribution >= 0.6 is 0 Å². The number of ketones is 1. The standard InChI is InChI=1S/C16H14O/c17-16(13-6-2-3-7-13)15-10-9-12-5-1-4-8-14(12)11-15/h1,4-6,8-11H,2-3,7H2. The first kappa shape index (κ1) is 10.3. The van der Waals surface area contributed by atoms with E-state index in [4.69, 9.17) is 0 Å². The van der Waals surface area contributed by atoms with E-state index < -0.39 is 0 Å². The molecule has 0 aromatic heterocycles. The highest BCUT2D eigenvalue weighted by Gasteiger charge is 2.15. The number of rotatable bonds is 2. The number of Topliss-reactive ketones (excluding diaryl/α,β-unsaturated/α-hetero) is 1. The molecular weight excluding hydrogens is 208 g/mol. The van der Waals surface area contributed by atoms with Gasteiger partial charge in [0.05, 0.1) is 0 Å². The van der Waals surface area contributed by atoms with Crippen LogP contribution in [0.2, 0.25) is 0 Å². The van der Waals surface area contributed by atoms with Crippen LogP contribution in [0.5, 0.6) is 0 Å². The van der Waals surface area contributed by atoms with E-state index in [1.165, 1.54) is 5.39 Å². The highest BCUT2D eigenvalue weighted by Crippen LogP contribution is 2.23. The Morgan fingerprint density at radius 1 is 1.00 bits per heavy atom. The van der Waals surface area contributed by atoms with Crippen LogP contribution in [-0.2, 0) is 0 Å². The summed E-state index contributed by atoms with van der Waals surface area (Å²) in [4.78, 5) is 12.2. The molecule has 1 nitrogen and oxygen atoms in total. The Bertz CT molecular complexity index is 608. The van der Waals surface area contributed by atoms with Gasteiger partial charge in [-0.3, -0.25) is 4.79 Å². The van der Waals surface area contributed by atoms with Crippen LogP contribution in [0.15, 0.2) is 54.1 Å². The third-order valence-electron chi connectivity index (χ3n) is 3.34. The van der Waals surface area contributed by atoms with Crippen molar-refractivity contribution in [1.29, 1.82) is 0 Å². The van der Waals surface area contributed by atoms with Gasteiger partial charge in [-0.2, -0.15) is 0 Å². The number of carbonyl (C=O) groups is 1. The molecule has 3 rings (SSSR count). The van der Waals surface area contributed by atoms with Gasteiger partial charge >= 0.3 is 0 Å². The quantitative estimate of drug-likeness (QED) is 0.698. The lowest BCUT2D eigenvalue weighted by Crippen LogP contribution is -2.01. The fourth-order valence-electron chi connectivity index (χ4n) is 2.39. The van der Waals surface area contributed by atoms with Crippen molar-refractivity contribution in [2.24, 2.45) is 0 Å². The number of fused-ring (bicyclic) bond motifs is 1. The minimum absolute atomic E-state index is 0.202. The fourth-order valence-corrected chi connectivity index (χ4v) is 2.39. The molecule has 0 saturated carbocycles. The van der Waals surface area contributed by atoms with Gasteiger partial charge in [0, 0.05) is 5.56 Å². The van der Waals surface area contributed by atoms with Crippen molar-refractivity contribution in [3.8, 4) is 0 Å². The van der Waals surface area contributed by atoms with Crippen LogP contribution in [0.1, 0.15) is 29.6 Å². The van der Waals surface area contributed by atoms with E-state index in [9.17, 15) is 4.79 Å². The van der Waals surface area contributed by atoms with Crippen molar-refractivity contribution >= 4 is 16.6 Å². The summed E-state index contributed by atoms with van der Waals surface area (Å²) in [6.45, 7) is 0. The Labute approximate surface area is 101 Å². The monoisotopic (exact) mass is 222 g/mol. The third kappa shape index (κ3) is 1.89. The molecule has 0 bridgehead atoms. The summed E-state index contributed by atoms with van der Waals surface area (Å²) in [5, 5.41) is 2.32. The summed E-state index contributed by atoms with van der Waals surface area (Å²) in [6, 6.07) is 14.1. The second-order valence-corrected chi connectivity index (χ2v) is 4.51. The molecule has 1 heteroatoms. The van der Waals surface area contributed by atoms with Crippen molar-refractivity contribution in [3.05, 3.63) is 59.7 Å². The lowest BCUT2D eigenvalue weighted by Gasteiger charge is -2.03. The number of hydrogen-bond donors (Lipinski definition) is 0. The van der Waals surface area contributed by atoms with Gasteiger partial charge in [0.1, 0.15) is 0 Å². The number of hydrogen-bond acceptors (Lipinski definition) is 1. The Hall–Kier alpha value is -1.89. The molecule has 1 aliphatic rings. The van der Waals surface area contributed by atoms with Gasteiger partial charge in [-0.25, -0.2) is 0 Å². The third-order valence-corrected chi connectivity index (χ3v) is 3.34. The molecule has 0 aliphatic heterocycles. The van der Waals surface area contributed by atoms with Gasteiger partial charge in [-0.15, -0.1) is 0 Å². The van der Waals surface area contributed by atoms with Crippen molar-refractivity contribution < 1.29 is 4.79 Å². The molecule has 0 atom stereocenters. The summed E-state index contributed by atoms with van der Waals surface area (Å²) >= 11 is 0. The van der Waals surface area contributed by atoms with E-state index in [1.807, 2.05) is 30.3 Å². The zero-order chi connectivity index (χ0) is 11.7. The van der Waals surface area contributed by atoms with Crippen molar-refractivity contribution in [2.45, 2.75) is 19.3 Å². The summed E-state index contributed by atoms with van der Waals surface area (Å²) < 4.78 is 0. The highest BCUT2D eigenvalue weighted by atomic mass is 16.1. The van der Waals surface area contributed by atoms with E-state index >= 15 is 0 Å². The number of allylic oxidation sites excluding steroid dienone is 2. The Kier molecular flexibility index (Phi) is 2.52. The van der Waals surface area contributed by atoms with E-state index in [0.29, 0.717) is 0 Å². The fraction of sp³-hybridized carbons (Fsp3) is 0.188. The first-order chi connectivity index (χ1) is 8.34. The molecule has 0 fully saturated rings. The summed E-state index contributed by atoms with van der Waals surface area (Å²) in [7, 11) is 0. The van der Waals surface area contributed by atoms with Crippen LogP contribution in [-0.4, -0.2) is 5.78 Å². The maximum absolute atomic E-state index is 12.2. The molecule has 0 N–H and O–H groups in total. The smallest absolute Gasteiger partial charge is 0.188 e. The topological polar surface area (TPSA) is 17.1 Å². The maximum Gasteiger partial charge on any atom is 0.188 e. The predicted molar refractivity (Wildman–Crippen MR) is 70.2 cm³/mol. The Morgan fingerprint density at radius 2 is 1.82 bits per heavy atom. The Balaban J connectivity index is 2.03. The minimum atomic E-state index is 0.202. The minimum Gasteiger partial charge on any atom is -0.289 e. The molecule has 84 valence electrons. The zero-order valence-electron chi connectivity index (χ0n) is 9.65. The first-order valence-electron chi connectivity index (χ1n) is 6.07. The first-order valence-corrected chi connectivity index (χ1v) is 6.07. The van der Waals surface area contributed by atoms with Crippen LogP contribution in [0, 0.1) is 0 Å². The van der Waals surface area contributed by atoms with Gasteiger partial charge in [0.2, 0.25) is 0 Å². The summed E-state index contributed by atoms with van der Waals surface area (Å²) in [5.41, 5.74) is 1.80. The van der Waals surface area contributed by atoms with Crippen LogP contribution in [0.4, 0.5) is 0 Å². The molecule has 2 aromatic carbocycles. The molecule has 0 amide bonds. The molecule has 17 heavy (non-hydrogen) atoms. The van der Waals surface area contributed by atoms with Gasteiger partial charge in [0.25, 0.3) is 0 Å². The van der Waals surface area contributed by atoms with Gasteiger partial charge in [0.15, 0.2) is 5.78 Å². The molecule has 2 aromatic rings. The Morgan fingerprint density at radius 3 is 2.59 bits per heavy atom. The number of benzene rings is 2. The predicted octanol–water partition coefficient (Wildman–Crippen LogP) is 4.13. The maximum atomic E-state index is 12.2. The second kappa shape index (κ2) is 4.17. The molecular formula is C16H14O. The van der Waals surface area contributed by atoms with Gasteiger partial charge in [-0.05, 0) is 41.7 Å². The van der Waals surface area contributed by atoms with E-state index in [0.717, 1.165) is 35.8 Å². The van der Waals surface area contributed by atoms with Crippen molar-refractivity contribution in [1.82, 2.24) is 0 Å². The summed E-state index contributed by atoms with van der Waals surface area (Å²) in [6.07, 6.45) is 5.19. The van der Waals surface area contributed by atoms with Crippen molar-refractivity contribution in [3.63, 3.8) is 0 Å². The second-order valence-electron chi connectivity index (χ2n) is 4.51. The number of carbonyl (C=O) groups excluding carboxylic acids is 1. The molecule has 0 unspecified atom stereocenters. The van der Waals surface area contributed by atoms with Gasteiger partial charge < -0.3 is 0 Å². The van der Waals surface area contributed by atoms with E-state index in [1.54, 1.807) is 0 Å². The molecule has 0 heterocycles. The zero-order valence-corrected chi connectivity index (χ0v) is 9.65. The lowest BCUT2D eigenvalue weighted by atomic mass is 10.00. The largest absolute Gasteiger partial charge is 0.289 e. The van der Waals surface area contributed by atoms with Crippen LogP contribution in [0.3, 0.4) is 0 Å². The van der Waals surface area contributed by atoms with Gasteiger partial charge in [-0.1, -0.05) is 42.5 Å². The average Bonchev–Trinajstić information content (AvgIpc) is 2.91.